The molecule has 0 amide bonds. The van der Waals surface area contributed by atoms with Gasteiger partial charge in [-0.05, 0) is 36.5 Å². The molecule has 1 aromatic rings. The highest BCUT2D eigenvalue weighted by Gasteiger charge is 2.22. The summed E-state index contributed by atoms with van der Waals surface area (Å²) in [4.78, 5) is 0. The van der Waals surface area contributed by atoms with E-state index in [0.29, 0.717) is 5.02 Å². The minimum absolute atomic E-state index is 0.692. The lowest BCUT2D eigenvalue weighted by Crippen LogP contribution is -2.17. The van der Waals surface area contributed by atoms with Gasteiger partial charge in [0.05, 0.1) is 11.4 Å². The zero-order valence-corrected chi connectivity index (χ0v) is 10.4. The van der Waals surface area contributed by atoms with Crippen molar-refractivity contribution in [1.29, 1.82) is 0 Å². The number of benzene rings is 1. The Hall–Kier alpha value is -0.890. The molecule has 2 rings (SSSR count). The fourth-order valence-corrected chi connectivity index (χ4v) is 2.64. The van der Waals surface area contributed by atoms with Gasteiger partial charge in [-0.3, -0.25) is 0 Å². The molecule has 2 nitrogen and oxygen atoms in total. The molecule has 1 aliphatic rings. The SMILES string of the molecule is CC1CCCC1CNc1ccc(Cl)cc1N. The molecule has 1 saturated carbocycles. The van der Waals surface area contributed by atoms with Gasteiger partial charge in [0, 0.05) is 11.6 Å². The van der Waals surface area contributed by atoms with E-state index in [9.17, 15) is 0 Å². The van der Waals surface area contributed by atoms with Crippen molar-refractivity contribution in [3.63, 3.8) is 0 Å². The molecule has 0 radical (unpaired) electrons. The number of halogens is 1. The van der Waals surface area contributed by atoms with Gasteiger partial charge >= 0.3 is 0 Å². The van der Waals surface area contributed by atoms with E-state index in [1.54, 1.807) is 6.07 Å². The maximum absolute atomic E-state index is 5.89. The Kier molecular flexibility index (Phi) is 3.59. The highest BCUT2D eigenvalue weighted by molar-refractivity contribution is 6.31. The van der Waals surface area contributed by atoms with Gasteiger partial charge in [0.15, 0.2) is 0 Å². The van der Waals surface area contributed by atoms with Crippen molar-refractivity contribution < 1.29 is 0 Å². The molecule has 0 bridgehead atoms. The topological polar surface area (TPSA) is 38.0 Å². The highest BCUT2D eigenvalue weighted by Crippen LogP contribution is 2.32. The number of rotatable bonds is 3. The first-order valence-corrected chi connectivity index (χ1v) is 6.33. The molecule has 2 atom stereocenters. The van der Waals surface area contributed by atoms with Crippen LogP contribution in [0.4, 0.5) is 11.4 Å². The van der Waals surface area contributed by atoms with Crippen molar-refractivity contribution in [3.05, 3.63) is 23.2 Å². The van der Waals surface area contributed by atoms with E-state index in [2.05, 4.69) is 12.2 Å². The quantitative estimate of drug-likeness (QED) is 0.787. The van der Waals surface area contributed by atoms with Crippen LogP contribution in [-0.4, -0.2) is 6.54 Å². The van der Waals surface area contributed by atoms with E-state index in [-0.39, 0.29) is 0 Å². The first-order valence-electron chi connectivity index (χ1n) is 5.95. The van der Waals surface area contributed by atoms with Gasteiger partial charge in [-0.1, -0.05) is 31.4 Å². The molecular formula is C13H19ClN2. The van der Waals surface area contributed by atoms with E-state index in [4.69, 9.17) is 17.3 Å². The second kappa shape index (κ2) is 4.96. The number of hydrogen-bond donors (Lipinski definition) is 2. The molecule has 1 fully saturated rings. The lowest BCUT2D eigenvalue weighted by molar-refractivity contribution is 0.440. The van der Waals surface area contributed by atoms with Crippen molar-refractivity contribution in [2.24, 2.45) is 11.8 Å². The molecular weight excluding hydrogens is 220 g/mol. The standard InChI is InChI=1S/C13H19ClN2/c1-9-3-2-4-10(9)8-16-13-6-5-11(14)7-12(13)15/h5-7,9-10,16H,2-4,8,15H2,1H3. The monoisotopic (exact) mass is 238 g/mol. The normalized spacial score (nSPS) is 24.6. The van der Waals surface area contributed by atoms with E-state index >= 15 is 0 Å². The summed E-state index contributed by atoms with van der Waals surface area (Å²) < 4.78 is 0. The third-order valence-electron chi connectivity index (χ3n) is 3.61. The molecule has 2 unspecified atom stereocenters. The molecule has 3 N–H and O–H groups in total. The molecule has 1 aromatic carbocycles. The first-order chi connectivity index (χ1) is 7.66. The smallest absolute Gasteiger partial charge is 0.0575 e. The van der Waals surface area contributed by atoms with Gasteiger partial charge in [-0.2, -0.15) is 0 Å². The molecule has 3 heteroatoms. The lowest BCUT2D eigenvalue weighted by atomic mass is 9.98. The summed E-state index contributed by atoms with van der Waals surface area (Å²) >= 11 is 5.86. The van der Waals surface area contributed by atoms with Crippen LogP contribution in [0.25, 0.3) is 0 Å². The van der Waals surface area contributed by atoms with E-state index in [0.717, 1.165) is 29.8 Å². The van der Waals surface area contributed by atoms with Crippen molar-refractivity contribution in [3.8, 4) is 0 Å². The number of anilines is 2. The molecule has 0 heterocycles. The summed E-state index contributed by atoms with van der Waals surface area (Å²) in [5.41, 5.74) is 7.63. The van der Waals surface area contributed by atoms with Gasteiger partial charge < -0.3 is 11.1 Å². The van der Waals surface area contributed by atoms with Crippen LogP contribution in [0.1, 0.15) is 26.2 Å². The molecule has 1 aliphatic carbocycles. The summed E-state index contributed by atoms with van der Waals surface area (Å²) in [6.45, 7) is 3.36. The van der Waals surface area contributed by atoms with Crippen LogP contribution in [-0.2, 0) is 0 Å². The first kappa shape index (κ1) is 11.6. The van der Waals surface area contributed by atoms with E-state index in [1.165, 1.54) is 19.3 Å². The van der Waals surface area contributed by atoms with Gasteiger partial charge in [0.2, 0.25) is 0 Å². The van der Waals surface area contributed by atoms with Crippen LogP contribution in [0.5, 0.6) is 0 Å². The Morgan fingerprint density at radius 2 is 2.25 bits per heavy atom. The number of nitrogens with two attached hydrogens (primary N) is 1. The average Bonchev–Trinajstić information content (AvgIpc) is 2.63. The maximum atomic E-state index is 5.89. The van der Waals surface area contributed by atoms with Crippen LogP contribution in [0, 0.1) is 11.8 Å². The lowest BCUT2D eigenvalue weighted by Gasteiger charge is -2.17. The molecule has 0 aromatic heterocycles. The van der Waals surface area contributed by atoms with Crippen molar-refractivity contribution in [1.82, 2.24) is 0 Å². The fourth-order valence-electron chi connectivity index (χ4n) is 2.46. The molecule has 16 heavy (non-hydrogen) atoms. The number of hydrogen-bond acceptors (Lipinski definition) is 2. The van der Waals surface area contributed by atoms with Gasteiger partial charge in [0.1, 0.15) is 0 Å². The third-order valence-corrected chi connectivity index (χ3v) is 3.84. The zero-order chi connectivity index (χ0) is 11.5. The largest absolute Gasteiger partial charge is 0.397 e. The van der Waals surface area contributed by atoms with Crippen LogP contribution >= 0.6 is 11.6 Å². The van der Waals surface area contributed by atoms with Crippen molar-refractivity contribution >= 4 is 23.0 Å². The van der Waals surface area contributed by atoms with Crippen LogP contribution in [0.15, 0.2) is 18.2 Å². The summed E-state index contributed by atoms with van der Waals surface area (Å²) in [5, 5.41) is 4.12. The van der Waals surface area contributed by atoms with E-state index < -0.39 is 0 Å². The Labute approximate surface area is 102 Å². The molecule has 88 valence electrons. The predicted octanol–water partition coefficient (Wildman–Crippen LogP) is 3.77. The maximum Gasteiger partial charge on any atom is 0.0575 e. The summed E-state index contributed by atoms with van der Waals surface area (Å²) in [5.74, 6) is 1.62. The summed E-state index contributed by atoms with van der Waals surface area (Å²) in [6.07, 6.45) is 4.06. The second-order valence-electron chi connectivity index (χ2n) is 4.78. The number of nitrogen functional groups attached to an aromatic ring is 1. The van der Waals surface area contributed by atoms with Crippen molar-refractivity contribution in [2.45, 2.75) is 26.2 Å². The third kappa shape index (κ3) is 2.62. The van der Waals surface area contributed by atoms with Crippen LogP contribution in [0.3, 0.4) is 0 Å². The Bertz CT molecular complexity index is 365. The van der Waals surface area contributed by atoms with Gasteiger partial charge in [-0.25, -0.2) is 0 Å². The van der Waals surface area contributed by atoms with Gasteiger partial charge in [-0.15, -0.1) is 0 Å². The number of nitrogens with one attached hydrogen (secondary N) is 1. The Morgan fingerprint density at radius 1 is 1.44 bits per heavy atom. The van der Waals surface area contributed by atoms with Crippen molar-refractivity contribution in [2.75, 3.05) is 17.6 Å². The van der Waals surface area contributed by atoms with E-state index in [1.807, 2.05) is 12.1 Å². The fraction of sp³-hybridized carbons (Fsp3) is 0.538. The highest BCUT2D eigenvalue weighted by atomic mass is 35.5. The van der Waals surface area contributed by atoms with Gasteiger partial charge in [0.25, 0.3) is 0 Å². The minimum Gasteiger partial charge on any atom is -0.397 e. The minimum atomic E-state index is 0.692. The Balaban J connectivity index is 1.94. The zero-order valence-electron chi connectivity index (χ0n) is 9.67. The predicted molar refractivity (Wildman–Crippen MR) is 70.9 cm³/mol. The van der Waals surface area contributed by atoms with Crippen LogP contribution in [0.2, 0.25) is 5.02 Å². The van der Waals surface area contributed by atoms with Crippen LogP contribution < -0.4 is 11.1 Å². The average molecular weight is 239 g/mol. The molecule has 0 spiro atoms. The summed E-state index contributed by atoms with van der Waals surface area (Å²) in [6, 6.07) is 5.62. The molecule has 0 saturated heterocycles. The summed E-state index contributed by atoms with van der Waals surface area (Å²) in [7, 11) is 0. The second-order valence-corrected chi connectivity index (χ2v) is 5.22. The molecule has 0 aliphatic heterocycles. The Morgan fingerprint density at radius 3 is 2.88 bits per heavy atom.